The van der Waals surface area contributed by atoms with E-state index in [1.54, 1.807) is 44.2 Å². The number of anilines is 1. The zero-order valence-electron chi connectivity index (χ0n) is 40.5. The van der Waals surface area contributed by atoms with Crippen LogP contribution in [0.15, 0.2) is 107 Å². The number of urea groups is 1. The van der Waals surface area contributed by atoms with Gasteiger partial charge in [0.1, 0.15) is 40.6 Å². The zero-order chi connectivity index (χ0) is 53.6. The third-order valence-electron chi connectivity index (χ3n) is 11.1. The molecule has 394 valence electrons. The summed E-state index contributed by atoms with van der Waals surface area (Å²) in [5.74, 6) is -5.91. The Bertz CT molecular complexity index is 2750. The highest BCUT2D eigenvalue weighted by atomic mass is 32.2. The Morgan fingerprint density at radius 2 is 1.46 bits per heavy atom. The molecule has 0 aliphatic carbocycles. The minimum atomic E-state index is -4.46. The SMILES string of the molecule is CC(C)[C@H]1NC(=O)C(CCCNC(=O)NCc2ccccc2)NC(=O)CNC(=O)[C@@H](CC(=O)O)NC(=O)[C@@H](Cc2ccc(OCCCNC(=O)c3ccc(N/N=C\c4ccccc4S(=O)(=O)O)nc3)cc2)NC1=O. The molecular weight excluding hydrogens is 983 g/mol. The molecule has 0 spiro atoms. The lowest BCUT2D eigenvalue weighted by molar-refractivity contribution is -0.141. The fourth-order valence-corrected chi connectivity index (χ4v) is 7.85. The molecule has 74 heavy (non-hydrogen) atoms. The number of benzene rings is 3. The van der Waals surface area contributed by atoms with E-state index in [0.29, 0.717) is 17.7 Å². The van der Waals surface area contributed by atoms with Crippen LogP contribution in [0.2, 0.25) is 0 Å². The quantitative estimate of drug-likeness (QED) is 0.0240. The fraction of sp³-hybridized carbons (Fsp3) is 0.347. The predicted molar refractivity (Wildman–Crippen MR) is 268 cm³/mol. The summed E-state index contributed by atoms with van der Waals surface area (Å²) in [6.45, 7) is 3.48. The highest BCUT2D eigenvalue weighted by Crippen LogP contribution is 2.16. The summed E-state index contributed by atoms with van der Waals surface area (Å²) in [5, 5.41) is 34.3. The molecule has 1 fully saturated rings. The van der Waals surface area contributed by atoms with Crippen molar-refractivity contribution in [2.75, 3.05) is 31.7 Å². The first-order valence-corrected chi connectivity index (χ1v) is 24.9. The van der Waals surface area contributed by atoms with Gasteiger partial charge in [-0.05, 0) is 66.6 Å². The Morgan fingerprint density at radius 1 is 0.770 bits per heavy atom. The molecule has 0 radical (unpaired) electrons. The van der Waals surface area contributed by atoms with Crippen LogP contribution in [0.3, 0.4) is 0 Å². The number of rotatable bonds is 21. The number of carboxylic acid groups (broad SMARTS) is 1. The first-order chi connectivity index (χ1) is 35.4. The number of nitrogens with one attached hydrogen (secondary N) is 9. The molecule has 1 aliphatic rings. The van der Waals surface area contributed by atoms with Gasteiger partial charge in [-0.15, -0.1) is 0 Å². The number of nitrogens with zero attached hydrogens (tertiary/aromatic N) is 2. The number of aromatic nitrogens is 1. The average molecular weight is 1040 g/mol. The molecular formula is C49H59N11O13S. The van der Waals surface area contributed by atoms with E-state index in [1.165, 1.54) is 42.7 Å². The van der Waals surface area contributed by atoms with Gasteiger partial charge in [-0.1, -0.05) is 74.5 Å². The molecule has 3 aromatic carbocycles. The summed E-state index contributed by atoms with van der Waals surface area (Å²) in [7, 11) is -4.46. The molecule has 24 nitrogen and oxygen atoms in total. The largest absolute Gasteiger partial charge is 0.494 e. The van der Waals surface area contributed by atoms with Crippen LogP contribution < -0.4 is 52.7 Å². The van der Waals surface area contributed by atoms with Gasteiger partial charge in [0.15, 0.2) is 0 Å². The Morgan fingerprint density at radius 3 is 2.15 bits per heavy atom. The smallest absolute Gasteiger partial charge is 0.315 e. The number of hydrogen-bond donors (Lipinski definition) is 11. The van der Waals surface area contributed by atoms with Gasteiger partial charge >= 0.3 is 12.0 Å². The molecule has 2 heterocycles. The Labute approximate surface area is 426 Å². The second kappa shape index (κ2) is 28.0. The van der Waals surface area contributed by atoms with Crippen molar-refractivity contribution in [3.8, 4) is 5.75 Å². The Balaban J connectivity index is 1.15. The zero-order valence-corrected chi connectivity index (χ0v) is 41.3. The number of pyridine rings is 1. The Kier molecular flexibility index (Phi) is 21.3. The molecule has 11 N–H and O–H groups in total. The lowest BCUT2D eigenvalue weighted by atomic mass is 9.99. The predicted octanol–water partition coefficient (Wildman–Crippen LogP) is 0.995. The monoisotopic (exact) mass is 1040 g/mol. The number of carbonyl (C=O) groups excluding carboxylic acids is 7. The molecule has 1 unspecified atom stereocenters. The van der Waals surface area contributed by atoms with Gasteiger partial charge in [-0.3, -0.25) is 43.5 Å². The molecule has 1 aliphatic heterocycles. The van der Waals surface area contributed by atoms with Crippen molar-refractivity contribution in [3.05, 3.63) is 119 Å². The Hall–Kier alpha value is -8.45. The van der Waals surface area contributed by atoms with E-state index in [1.807, 2.05) is 30.3 Å². The van der Waals surface area contributed by atoms with Crippen molar-refractivity contribution in [1.29, 1.82) is 0 Å². The molecule has 1 saturated heterocycles. The number of carbonyl (C=O) groups is 8. The van der Waals surface area contributed by atoms with Crippen LogP contribution in [0, 0.1) is 5.92 Å². The van der Waals surface area contributed by atoms with E-state index >= 15 is 0 Å². The number of ether oxygens (including phenoxy) is 1. The highest BCUT2D eigenvalue weighted by molar-refractivity contribution is 7.86. The number of hydrazone groups is 1. The molecule has 4 atom stereocenters. The number of aliphatic carboxylic acids is 1. The van der Waals surface area contributed by atoms with Gasteiger partial charge in [0.25, 0.3) is 16.0 Å². The normalized spacial score (nSPS) is 17.8. The second-order valence-corrected chi connectivity index (χ2v) is 18.5. The van der Waals surface area contributed by atoms with E-state index in [2.05, 4.69) is 58.0 Å². The van der Waals surface area contributed by atoms with Gasteiger partial charge in [-0.25, -0.2) is 9.78 Å². The summed E-state index contributed by atoms with van der Waals surface area (Å²) >= 11 is 0. The van der Waals surface area contributed by atoms with E-state index in [4.69, 9.17) is 4.74 Å². The van der Waals surface area contributed by atoms with Crippen molar-refractivity contribution >= 4 is 69.6 Å². The van der Waals surface area contributed by atoms with Crippen LogP contribution in [0.1, 0.15) is 66.6 Å². The fourth-order valence-electron chi connectivity index (χ4n) is 7.18. The maximum absolute atomic E-state index is 14.0. The van der Waals surface area contributed by atoms with Gasteiger partial charge in [0.05, 0.1) is 31.4 Å². The average Bonchev–Trinajstić information content (AvgIpc) is 3.37. The van der Waals surface area contributed by atoms with E-state index in [9.17, 15) is 56.4 Å². The minimum Gasteiger partial charge on any atom is -0.494 e. The van der Waals surface area contributed by atoms with Crippen molar-refractivity contribution in [2.24, 2.45) is 11.0 Å². The van der Waals surface area contributed by atoms with Gasteiger partial charge in [0, 0.05) is 37.8 Å². The molecule has 8 amide bonds. The van der Waals surface area contributed by atoms with Crippen LogP contribution >= 0.6 is 0 Å². The van der Waals surface area contributed by atoms with Crippen LogP contribution in [0.5, 0.6) is 5.75 Å². The molecule has 4 aromatic rings. The van der Waals surface area contributed by atoms with Crippen molar-refractivity contribution in [2.45, 2.75) is 81.6 Å². The maximum Gasteiger partial charge on any atom is 0.315 e. The summed E-state index contributed by atoms with van der Waals surface area (Å²) in [6, 6.07) is 18.5. The summed E-state index contributed by atoms with van der Waals surface area (Å²) in [6.07, 6.45) is 2.14. The maximum atomic E-state index is 14.0. The van der Waals surface area contributed by atoms with Gasteiger partial charge < -0.3 is 52.4 Å². The standard InChI is InChI=1S/C49H59N11O13S/c1-30(2)43-48(68)58-37(47(67)57-38(25-42(62)63)45(65)53-29-41(61)56-36(46(66)59-43)13-8-21-51-49(69)54-26-32-10-4-3-5-11-32)24-31-15-18-35(19-16-31)73-23-9-22-50-44(64)34-17-20-40(52-27-34)60-55-28-33-12-6-7-14-39(33)74(70,71)72/h3-7,10-12,14-20,27-28,30,36-38,43H,8-9,13,21-26,29H2,1-2H3,(H,50,64)(H,52,60)(H,53,65)(H,56,61)(H,57,67)(H,58,68)(H,59,66)(H,62,63)(H2,51,54,69)(H,70,71,72)/b55-28-/t36?,37-,38-,43-/m1/s1. The van der Waals surface area contributed by atoms with E-state index in [-0.39, 0.29) is 67.3 Å². The molecule has 0 saturated carbocycles. The molecule has 25 heteroatoms. The topological polar surface area (TPSA) is 354 Å². The summed E-state index contributed by atoms with van der Waals surface area (Å²) in [5.41, 5.74) is 4.44. The summed E-state index contributed by atoms with van der Waals surface area (Å²) in [4.78, 5) is 109. The van der Waals surface area contributed by atoms with Crippen molar-refractivity contribution in [3.63, 3.8) is 0 Å². The van der Waals surface area contributed by atoms with Crippen molar-refractivity contribution < 1.29 is 61.2 Å². The molecule has 1 aromatic heterocycles. The van der Waals surface area contributed by atoms with Crippen molar-refractivity contribution in [1.82, 2.24) is 47.5 Å². The van der Waals surface area contributed by atoms with Gasteiger partial charge in [-0.2, -0.15) is 13.5 Å². The van der Waals surface area contributed by atoms with Crippen LogP contribution in [0.4, 0.5) is 10.6 Å². The van der Waals surface area contributed by atoms with Crippen LogP contribution in [-0.2, 0) is 51.9 Å². The molecule has 5 rings (SSSR count). The lowest BCUT2D eigenvalue weighted by Gasteiger charge is -2.27. The number of amides is 8. The first-order valence-electron chi connectivity index (χ1n) is 23.4. The van der Waals surface area contributed by atoms with E-state index < -0.39 is 101 Å². The second-order valence-electron chi connectivity index (χ2n) is 17.1. The molecule has 0 bridgehead atoms. The lowest BCUT2D eigenvalue weighted by Crippen LogP contribution is -2.59. The third kappa shape index (κ3) is 18.6. The third-order valence-corrected chi connectivity index (χ3v) is 12.0. The minimum absolute atomic E-state index is 0.00783. The highest BCUT2D eigenvalue weighted by Gasteiger charge is 2.34. The first kappa shape index (κ1) is 56.5. The summed E-state index contributed by atoms with van der Waals surface area (Å²) < 4.78 is 38.4. The number of hydrogen-bond acceptors (Lipinski definition) is 14. The van der Waals surface area contributed by atoms with Crippen LogP contribution in [0.25, 0.3) is 0 Å². The van der Waals surface area contributed by atoms with Crippen LogP contribution in [-0.4, -0.2) is 127 Å². The number of carboxylic acids is 1. The van der Waals surface area contributed by atoms with E-state index in [0.717, 1.165) is 5.56 Å². The van der Waals surface area contributed by atoms with Gasteiger partial charge in [0.2, 0.25) is 29.5 Å².